The highest BCUT2D eigenvalue weighted by molar-refractivity contribution is 6.01. The van der Waals surface area contributed by atoms with E-state index in [4.69, 9.17) is 24.2 Å². The van der Waals surface area contributed by atoms with E-state index in [1.807, 2.05) is 6.07 Å². The maximum atomic E-state index is 13.2. The Bertz CT molecular complexity index is 1380. The number of hydrogen-bond donors (Lipinski definition) is 2. The number of anilines is 1. The zero-order valence-electron chi connectivity index (χ0n) is 20.2. The number of esters is 2. The van der Waals surface area contributed by atoms with E-state index < -0.39 is 36.0 Å². The van der Waals surface area contributed by atoms with Crippen LogP contribution in [0.2, 0.25) is 0 Å². The van der Waals surface area contributed by atoms with Gasteiger partial charge in [-0.2, -0.15) is 5.26 Å². The van der Waals surface area contributed by atoms with Crippen LogP contribution in [0.15, 0.2) is 72.8 Å². The number of nitriles is 1. The number of amides is 1. The van der Waals surface area contributed by atoms with Gasteiger partial charge in [0.25, 0.3) is 5.91 Å². The highest BCUT2D eigenvalue weighted by Crippen LogP contribution is 2.20. The first-order valence-corrected chi connectivity index (χ1v) is 11.0. The first kappa shape index (κ1) is 27.2. The molecule has 0 saturated heterocycles. The second-order valence-corrected chi connectivity index (χ2v) is 7.63. The molecule has 2 atom stereocenters. The number of methoxy groups -OCH3 is 2. The summed E-state index contributed by atoms with van der Waals surface area (Å²) < 4.78 is 20.6. The fourth-order valence-corrected chi connectivity index (χ4v) is 3.20. The van der Waals surface area contributed by atoms with Gasteiger partial charge in [0.2, 0.25) is 12.2 Å². The zero-order valence-corrected chi connectivity index (χ0v) is 20.2. The third-order valence-electron chi connectivity index (χ3n) is 5.14. The van der Waals surface area contributed by atoms with Gasteiger partial charge in [0.05, 0.1) is 37.0 Å². The van der Waals surface area contributed by atoms with Crippen LogP contribution in [-0.2, 0) is 19.1 Å². The van der Waals surface area contributed by atoms with Gasteiger partial charge in [0.15, 0.2) is 0 Å². The van der Waals surface area contributed by atoms with Crippen molar-refractivity contribution in [1.29, 1.82) is 5.26 Å². The maximum absolute atomic E-state index is 13.2. The number of nitrogens with one attached hydrogen (secondary N) is 1. The molecule has 0 aromatic heterocycles. The smallest absolute Gasteiger partial charge is 0.349 e. The van der Waals surface area contributed by atoms with Gasteiger partial charge in [-0.15, -0.1) is 0 Å². The summed E-state index contributed by atoms with van der Waals surface area (Å²) in [7, 11) is 2.77. The van der Waals surface area contributed by atoms with Crippen molar-refractivity contribution in [3.05, 3.63) is 89.5 Å². The minimum Gasteiger partial charge on any atom is -0.497 e. The van der Waals surface area contributed by atoms with Gasteiger partial charge in [-0.05, 0) is 60.7 Å². The summed E-state index contributed by atoms with van der Waals surface area (Å²) >= 11 is 0. The molecule has 38 heavy (non-hydrogen) atoms. The number of ether oxygens (including phenoxy) is 4. The molecule has 3 aromatic rings. The second kappa shape index (κ2) is 12.5. The molecule has 0 radical (unpaired) electrons. The van der Waals surface area contributed by atoms with E-state index in [0.717, 1.165) is 0 Å². The van der Waals surface area contributed by atoms with Gasteiger partial charge >= 0.3 is 17.9 Å². The molecule has 0 saturated carbocycles. The van der Waals surface area contributed by atoms with E-state index in [-0.39, 0.29) is 16.8 Å². The number of benzene rings is 3. The molecule has 0 aliphatic rings. The number of carboxylic acid groups (broad SMARTS) is 1. The Morgan fingerprint density at radius 3 is 1.74 bits per heavy atom. The molecular weight excluding hydrogens is 496 g/mol. The Balaban J connectivity index is 1.93. The standard InChI is InChI=1S/C27H22N2O9/c1-35-20-7-3-5-17(13-20)26(33)37-22(24(30)29-19-11-9-16(15-28)10-12-19)23(25(31)32)38-27(34)18-6-4-8-21(14-18)36-2/h3-14,22-23H,1-2H3,(H,29,30)(H,31,32)/t22-,23+/m1/s1. The Hall–Kier alpha value is -5.37. The average Bonchev–Trinajstić information content (AvgIpc) is 2.94. The molecule has 0 bridgehead atoms. The number of nitrogens with zero attached hydrogens (tertiary/aromatic N) is 1. The molecule has 194 valence electrons. The van der Waals surface area contributed by atoms with Crippen LogP contribution in [0.1, 0.15) is 26.3 Å². The van der Waals surface area contributed by atoms with Gasteiger partial charge in [-0.25, -0.2) is 14.4 Å². The van der Waals surface area contributed by atoms with Crippen molar-refractivity contribution in [2.24, 2.45) is 0 Å². The molecule has 0 aliphatic carbocycles. The minimum atomic E-state index is -2.22. The largest absolute Gasteiger partial charge is 0.497 e. The molecule has 1 amide bonds. The van der Waals surface area contributed by atoms with Gasteiger partial charge in [0, 0.05) is 5.69 Å². The van der Waals surface area contributed by atoms with Crippen molar-refractivity contribution in [3.8, 4) is 17.6 Å². The molecule has 0 fully saturated rings. The van der Waals surface area contributed by atoms with Gasteiger partial charge in [-0.1, -0.05) is 12.1 Å². The lowest BCUT2D eigenvalue weighted by Gasteiger charge is -2.23. The summed E-state index contributed by atoms with van der Waals surface area (Å²) in [5.41, 5.74) is 0.407. The Labute approximate surface area is 217 Å². The third kappa shape index (κ3) is 6.86. The second-order valence-electron chi connectivity index (χ2n) is 7.63. The quantitative estimate of drug-likeness (QED) is 0.382. The molecule has 2 N–H and O–H groups in total. The molecule has 11 nitrogen and oxygen atoms in total. The molecule has 0 aliphatic heterocycles. The van der Waals surface area contributed by atoms with Crippen molar-refractivity contribution in [2.45, 2.75) is 12.2 Å². The van der Waals surface area contributed by atoms with Crippen LogP contribution in [0, 0.1) is 11.3 Å². The Morgan fingerprint density at radius 2 is 1.29 bits per heavy atom. The van der Waals surface area contributed by atoms with Crippen LogP contribution in [-0.4, -0.2) is 55.3 Å². The highest BCUT2D eigenvalue weighted by Gasteiger charge is 2.41. The monoisotopic (exact) mass is 518 g/mol. The van der Waals surface area contributed by atoms with Crippen LogP contribution < -0.4 is 14.8 Å². The number of rotatable bonds is 10. The normalized spacial score (nSPS) is 11.7. The molecule has 3 aromatic carbocycles. The maximum Gasteiger partial charge on any atom is 0.349 e. The lowest BCUT2D eigenvalue weighted by atomic mass is 10.1. The molecule has 0 spiro atoms. The number of hydrogen-bond acceptors (Lipinski definition) is 9. The number of carboxylic acids is 1. The summed E-state index contributed by atoms with van der Waals surface area (Å²) in [5, 5.41) is 21.2. The fourth-order valence-electron chi connectivity index (χ4n) is 3.20. The first-order valence-electron chi connectivity index (χ1n) is 11.0. The Morgan fingerprint density at radius 1 is 0.789 bits per heavy atom. The molecular formula is C27H22N2O9. The van der Waals surface area contributed by atoms with Crippen LogP contribution >= 0.6 is 0 Å². The lowest BCUT2D eigenvalue weighted by Crippen LogP contribution is -2.48. The van der Waals surface area contributed by atoms with E-state index in [0.29, 0.717) is 17.1 Å². The lowest BCUT2D eigenvalue weighted by molar-refractivity contribution is -0.157. The number of carbonyl (C=O) groups excluding carboxylic acids is 3. The van der Waals surface area contributed by atoms with E-state index in [1.54, 1.807) is 12.1 Å². The number of aliphatic carboxylic acids is 1. The van der Waals surface area contributed by atoms with Crippen LogP contribution in [0.4, 0.5) is 5.69 Å². The van der Waals surface area contributed by atoms with Gasteiger partial charge in [0.1, 0.15) is 11.5 Å². The van der Waals surface area contributed by atoms with E-state index in [1.165, 1.54) is 74.9 Å². The van der Waals surface area contributed by atoms with E-state index in [2.05, 4.69) is 5.32 Å². The first-order chi connectivity index (χ1) is 18.2. The SMILES string of the molecule is COc1cccc(C(=O)O[C@H](C(=O)O)[C@@H](OC(=O)c2cccc(OC)c2)C(=O)Nc2ccc(C#N)cc2)c1. The minimum absolute atomic E-state index is 0.0382. The fraction of sp³-hybridized carbons (Fsp3) is 0.148. The summed E-state index contributed by atoms with van der Waals surface area (Å²) in [5.74, 6) is -4.35. The average molecular weight is 518 g/mol. The Kier molecular flexibility index (Phi) is 8.99. The molecule has 3 rings (SSSR count). The molecule has 0 unspecified atom stereocenters. The zero-order chi connectivity index (χ0) is 27.7. The topological polar surface area (TPSA) is 161 Å². The van der Waals surface area contributed by atoms with E-state index in [9.17, 15) is 24.3 Å². The van der Waals surface area contributed by atoms with E-state index >= 15 is 0 Å². The predicted molar refractivity (Wildman–Crippen MR) is 132 cm³/mol. The number of carbonyl (C=O) groups is 4. The van der Waals surface area contributed by atoms with Crippen molar-refractivity contribution in [3.63, 3.8) is 0 Å². The summed E-state index contributed by atoms with van der Waals surface area (Å²) in [6, 6.07) is 19.1. The van der Waals surface area contributed by atoms with Crippen molar-refractivity contribution in [2.75, 3.05) is 19.5 Å². The summed E-state index contributed by atoms with van der Waals surface area (Å²) in [6.07, 6.45) is -4.32. The third-order valence-corrected chi connectivity index (χ3v) is 5.14. The van der Waals surface area contributed by atoms with Crippen LogP contribution in [0.3, 0.4) is 0 Å². The van der Waals surface area contributed by atoms with Crippen molar-refractivity contribution < 1.29 is 43.2 Å². The van der Waals surface area contributed by atoms with Crippen molar-refractivity contribution in [1.82, 2.24) is 0 Å². The van der Waals surface area contributed by atoms with Gasteiger partial charge < -0.3 is 29.4 Å². The van der Waals surface area contributed by atoms with Gasteiger partial charge in [-0.3, -0.25) is 4.79 Å². The van der Waals surface area contributed by atoms with Crippen LogP contribution in [0.5, 0.6) is 11.5 Å². The molecule has 11 heteroatoms. The van der Waals surface area contributed by atoms with Crippen molar-refractivity contribution >= 4 is 29.5 Å². The highest BCUT2D eigenvalue weighted by atomic mass is 16.6. The predicted octanol–water partition coefficient (Wildman–Crippen LogP) is 3.05. The van der Waals surface area contributed by atoms with Crippen LogP contribution in [0.25, 0.3) is 0 Å². The summed E-state index contributed by atoms with van der Waals surface area (Å²) in [6.45, 7) is 0. The molecule has 0 heterocycles. The summed E-state index contributed by atoms with van der Waals surface area (Å²) in [4.78, 5) is 51.0.